The van der Waals surface area contributed by atoms with Crippen molar-refractivity contribution in [2.45, 2.75) is 70.8 Å². The molecule has 2 aromatic rings. The van der Waals surface area contributed by atoms with E-state index < -0.39 is 0 Å². The predicted molar refractivity (Wildman–Crippen MR) is 100 cm³/mol. The number of hydrogen-bond donors (Lipinski definition) is 1. The standard InChI is InChI=1S/C19H25N3O2S/c1-12-6-4-5-11-22(12)16(23)10-9-15-20-18(24)17-13-7-2-3-8-14(13)25-19(17)21-15/h12H,2-11H2,1H3,(H,20,21,24)/t12-/m0/s1. The van der Waals surface area contributed by atoms with Crippen molar-refractivity contribution < 1.29 is 4.79 Å². The molecule has 2 aromatic heterocycles. The molecule has 1 amide bonds. The molecule has 0 radical (unpaired) electrons. The highest BCUT2D eigenvalue weighted by atomic mass is 32.1. The molecule has 4 rings (SSSR count). The third-order valence-corrected chi connectivity index (χ3v) is 6.76. The number of carbonyl (C=O) groups excluding carboxylic acids is 1. The number of nitrogens with zero attached hydrogens (tertiary/aromatic N) is 2. The van der Waals surface area contributed by atoms with Crippen LogP contribution in [0, 0.1) is 0 Å². The van der Waals surface area contributed by atoms with Crippen LogP contribution in [0.4, 0.5) is 0 Å². The average Bonchev–Trinajstić information content (AvgIpc) is 2.99. The van der Waals surface area contributed by atoms with Gasteiger partial charge < -0.3 is 9.88 Å². The Hall–Kier alpha value is -1.69. The number of aryl methyl sites for hydroxylation is 3. The van der Waals surface area contributed by atoms with Crippen LogP contribution in [0.5, 0.6) is 0 Å². The van der Waals surface area contributed by atoms with Gasteiger partial charge in [-0.1, -0.05) is 0 Å². The predicted octanol–water partition coefficient (Wildman–Crippen LogP) is 3.20. The van der Waals surface area contributed by atoms with Crippen LogP contribution in [0.1, 0.15) is 61.7 Å². The number of H-pyrrole nitrogens is 1. The monoisotopic (exact) mass is 359 g/mol. The molecule has 1 saturated heterocycles. The van der Waals surface area contributed by atoms with Crippen molar-refractivity contribution in [2.24, 2.45) is 0 Å². The van der Waals surface area contributed by atoms with Gasteiger partial charge in [0.05, 0.1) is 5.39 Å². The molecule has 2 aliphatic rings. The van der Waals surface area contributed by atoms with Crippen molar-refractivity contribution >= 4 is 27.5 Å². The van der Waals surface area contributed by atoms with Crippen LogP contribution >= 0.6 is 11.3 Å². The zero-order chi connectivity index (χ0) is 17.4. The zero-order valence-corrected chi connectivity index (χ0v) is 15.6. The number of thiophene rings is 1. The van der Waals surface area contributed by atoms with Crippen LogP contribution in [0.2, 0.25) is 0 Å². The first-order valence-corrected chi connectivity index (χ1v) is 10.3. The molecule has 0 aromatic carbocycles. The van der Waals surface area contributed by atoms with Crippen LogP contribution < -0.4 is 5.56 Å². The van der Waals surface area contributed by atoms with Crippen molar-refractivity contribution in [3.63, 3.8) is 0 Å². The van der Waals surface area contributed by atoms with Crippen LogP contribution in [0.15, 0.2) is 4.79 Å². The summed E-state index contributed by atoms with van der Waals surface area (Å²) in [5.41, 5.74) is 1.18. The summed E-state index contributed by atoms with van der Waals surface area (Å²) in [6.45, 7) is 2.99. The van der Waals surface area contributed by atoms with E-state index in [9.17, 15) is 9.59 Å². The maximum Gasteiger partial charge on any atom is 0.259 e. The summed E-state index contributed by atoms with van der Waals surface area (Å²) in [5, 5.41) is 0.791. The van der Waals surface area contributed by atoms with Crippen molar-refractivity contribution in [3.05, 3.63) is 26.6 Å². The lowest BCUT2D eigenvalue weighted by atomic mass is 9.97. The highest BCUT2D eigenvalue weighted by Gasteiger charge is 2.23. The van der Waals surface area contributed by atoms with Gasteiger partial charge in [-0.05, 0) is 57.4 Å². The Morgan fingerprint density at radius 2 is 2.12 bits per heavy atom. The third kappa shape index (κ3) is 3.24. The highest BCUT2D eigenvalue weighted by Crippen LogP contribution is 2.33. The minimum Gasteiger partial charge on any atom is -0.340 e. The van der Waals surface area contributed by atoms with E-state index in [-0.39, 0.29) is 11.5 Å². The number of rotatable bonds is 3. The van der Waals surface area contributed by atoms with Gasteiger partial charge in [0.1, 0.15) is 10.7 Å². The molecular weight excluding hydrogens is 334 g/mol. The second kappa shape index (κ2) is 6.90. The molecule has 5 nitrogen and oxygen atoms in total. The van der Waals surface area contributed by atoms with E-state index in [4.69, 9.17) is 0 Å². The van der Waals surface area contributed by atoms with Gasteiger partial charge in [-0.3, -0.25) is 9.59 Å². The molecule has 3 heterocycles. The molecule has 0 unspecified atom stereocenters. The molecule has 6 heteroatoms. The van der Waals surface area contributed by atoms with Crippen molar-refractivity contribution in [1.82, 2.24) is 14.9 Å². The van der Waals surface area contributed by atoms with E-state index in [1.54, 1.807) is 11.3 Å². The van der Waals surface area contributed by atoms with E-state index in [2.05, 4.69) is 16.9 Å². The second-order valence-electron chi connectivity index (χ2n) is 7.34. The average molecular weight is 359 g/mol. The molecule has 1 N–H and O–H groups in total. The quantitative estimate of drug-likeness (QED) is 0.915. The molecule has 1 aliphatic heterocycles. The minimum absolute atomic E-state index is 0.0295. The SMILES string of the molecule is C[C@H]1CCCCN1C(=O)CCc1nc2sc3c(c2c(=O)[nH]1)CCCC3. The van der Waals surface area contributed by atoms with Gasteiger partial charge in [0.25, 0.3) is 5.56 Å². The summed E-state index contributed by atoms with van der Waals surface area (Å²) >= 11 is 1.66. The van der Waals surface area contributed by atoms with Gasteiger partial charge in [-0.15, -0.1) is 11.3 Å². The normalized spacial score (nSPS) is 20.7. The van der Waals surface area contributed by atoms with Crippen molar-refractivity contribution in [1.29, 1.82) is 0 Å². The summed E-state index contributed by atoms with van der Waals surface area (Å²) in [6.07, 6.45) is 8.74. The number of carbonyl (C=O) groups is 1. The smallest absolute Gasteiger partial charge is 0.259 e. The molecule has 0 bridgehead atoms. The van der Waals surface area contributed by atoms with Crippen LogP contribution in [-0.4, -0.2) is 33.4 Å². The van der Waals surface area contributed by atoms with Crippen molar-refractivity contribution in [2.75, 3.05) is 6.54 Å². The Kier molecular flexibility index (Phi) is 4.63. The first-order valence-electron chi connectivity index (χ1n) is 9.46. The van der Waals surface area contributed by atoms with Crippen LogP contribution in [0.25, 0.3) is 10.2 Å². The Morgan fingerprint density at radius 1 is 1.28 bits per heavy atom. The van der Waals surface area contributed by atoms with Crippen molar-refractivity contribution in [3.8, 4) is 0 Å². The lowest BCUT2D eigenvalue weighted by Gasteiger charge is -2.33. The van der Waals surface area contributed by atoms with E-state index in [1.165, 1.54) is 23.3 Å². The minimum atomic E-state index is -0.0295. The fourth-order valence-corrected chi connectivity index (χ4v) is 5.45. The highest BCUT2D eigenvalue weighted by molar-refractivity contribution is 7.18. The molecule has 1 aliphatic carbocycles. The molecule has 1 fully saturated rings. The van der Waals surface area contributed by atoms with Crippen LogP contribution in [0.3, 0.4) is 0 Å². The molecular formula is C19H25N3O2S. The largest absolute Gasteiger partial charge is 0.340 e. The third-order valence-electron chi connectivity index (χ3n) is 5.57. The Labute approximate surface area is 151 Å². The number of hydrogen-bond acceptors (Lipinski definition) is 4. The zero-order valence-electron chi connectivity index (χ0n) is 14.8. The van der Waals surface area contributed by atoms with Gasteiger partial charge in [0.15, 0.2) is 0 Å². The Balaban J connectivity index is 1.52. The Morgan fingerprint density at radius 3 is 2.96 bits per heavy atom. The topological polar surface area (TPSA) is 66.1 Å². The van der Waals surface area contributed by atoms with Gasteiger partial charge in [-0.2, -0.15) is 0 Å². The number of aromatic amines is 1. The second-order valence-corrected chi connectivity index (χ2v) is 8.42. The van der Waals surface area contributed by atoms with Gasteiger partial charge in [-0.25, -0.2) is 4.98 Å². The van der Waals surface area contributed by atoms with E-state index in [0.29, 0.717) is 24.7 Å². The number of fused-ring (bicyclic) bond motifs is 3. The summed E-state index contributed by atoms with van der Waals surface area (Å²) in [5.74, 6) is 0.828. The van der Waals surface area contributed by atoms with Gasteiger partial charge >= 0.3 is 0 Å². The number of piperidine rings is 1. The van der Waals surface area contributed by atoms with Crippen LogP contribution in [-0.2, 0) is 24.1 Å². The number of likely N-dealkylation sites (tertiary alicyclic amines) is 1. The molecule has 1 atom stereocenters. The number of amides is 1. The molecule has 134 valence electrons. The first-order chi connectivity index (χ1) is 12.1. The molecule has 25 heavy (non-hydrogen) atoms. The Bertz CT molecular complexity index is 854. The summed E-state index contributed by atoms with van der Waals surface area (Å²) < 4.78 is 0. The van der Waals surface area contributed by atoms with E-state index in [1.807, 2.05) is 4.90 Å². The van der Waals surface area contributed by atoms with Gasteiger partial charge in [0, 0.05) is 30.3 Å². The van der Waals surface area contributed by atoms with Gasteiger partial charge in [0.2, 0.25) is 5.91 Å². The lowest BCUT2D eigenvalue weighted by Crippen LogP contribution is -2.42. The maximum absolute atomic E-state index is 12.5. The maximum atomic E-state index is 12.5. The molecule has 0 spiro atoms. The number of aromatic nitrogens is 2. The fraction of sp³-hybridized carbons (Fsp3) is 0.632. The fourth-order valence-electron chi connectivity index (χ4n) is 4.16. The van der Waals surface area contributed by atoms with E-state index in [0.717, 1.165) is 48.9 Å². The summed E-state index contributed by atoms with van der Waals surface area (Å²) in [6, 6.07) is 0.333. The van der Waals surface area contributed by atoms with E-state index >= 15 is 0 Å². The molecule has 0 saturated carbocycles. The first kappa shape index (κ1) is 16.8. The number of nitrogens with one attached hydrogen (secondary N) is 1. The summed E-state index contributed by atoms with van der Waals surface area (Å²) in [7, 11) is 0. The lowest BCUT2D eigenvalue weighted by molar-refractivity contribution is -0.134. The summed E-state index contributed by atoms with van der Waals surface area (Å²) in [4.78, 5) is 36.8.